The van der Waals surface area contributed by atoms with Crippen LogP contribution in [0.3, 0.4) is 0 Å². The summed E-state index contributed by atoms with van der Waals surface area (Å²) in [5.74, 6) is 0.573. The average molecular weight is 383 g/mol. The van der Waals surface area contributed by atoms with E-state index in [0.29, 0.717) is 5.75 Å². The highest BCUT2D eigenvalue weighted by Gasteiger charge is 2.34. The number of hydrogen-bond donors (Lipinski definition) is 1. The fourth-order valence-corrected chi connectivity index (χ4v) is 4.34. The van der Waals surface area contributed by atoms with Crippen LogP contribution in [0.1, 0.15) is 43.7 Å². The van der Waals surface area contributed by atoms with E-state index in [1.54, 1.807) is 11.8 Å². The van der Waals surface area contributed by atoms with Gasteiger partial charge in [-0.1, -0.05) is 57.5 Å². The maximum Gasteiger partial charge on any atom is 0.238 e. The number of nitrogens with one attached hydrogen (secondary N) is 1. The van der Waals surface area contributed by atoms with Gasteiger partial charge in [0.25, 0.3) is 0 Å². The zero-order chi connectivity index (χ0) is 19.4. The zero-order valence-corrected chi connectivity index (χ0v) is 16.9. The smallest absolute Gasteiger partial charge is 0.238 e. The normalized spacial score (nSPS) is 16.8. The van der Waals surface area contributed by atoms with E-state index in [2.05, 4.69) is 18.3 Å². The van der Waals surface area contributed by atoms with Crippen molar-refractivity contribution in [3.8, 4) is 0 Å². The number of rotatable bonds is 6. The van der Waals surface area contributed by atoms with Gasteiger partial charge in [-0.05, 0) is 35.7 Å². The molecular formula is C22H26N2O2S. The summed E-state index contributed by atoms with van der Waals surface area (Å²) in [6.07, 6.45) is 2.00. The third-order valence-electron chi connectivity index (χ3n) is 4.63. The Morgan fingerprint density at radius 1 is 1.19 bits per heavy atom. The fraction of sp³-hybridized carbons (Fsp3) is 0.364. The van der Waals surface area contributed by atoms with Crippen molar-refractivity contribution in [2.45, 2.75) is 39.0 Å². The van der Waals surface area contributed by atoms with Crippen LogP contribution in [0.25, 0.3) is 0 Å². The van der Waals surface area contributed by atoms with Crippen molar-refractivity contribution in [3.05, 3.63) is 59.7 Å². The first-order valence-corrected chi connectivity index (χ1v) is 10.5. The number of para-hydroxylation sites is 1. The first kappa shape index (κ1) is 19.5. The maximum atomic E-state index is 12.7. The van der Waals surface area contributed by atoms with Crippen LogP contribution in [0.5, 0.6) is 0 Å². The lowest BCUT2D eigenvalue weighted by atomic mass is 10.1. The highest BCUT2D eigenvalue weighted by Crippen LogP contribution is 2.43. The van der Waals surface area contributed by atoms with E-state index in [1.165, 1.54) is 5.56 Å². The van der Waals surface area contributed by atoms with Crippen LogP contribution in [0.4, 0.5) is 11.4 Å². The van der Waals surface area contributed by atoms with Gasteiger partial charge in [-0.3, -0.25) is 14.5 Å². The van der Waals surface area contributed by atoms with E-state index in [9.17, 15) is 9.59 Å². The summed E-state index contributed by atoms with van der Waals surface area (Å²) in [6, 6.07) is 16.0. The van der Waals surface area contributed by atoms with Gasteiger partial charge in [0.2, 0.25) is 11.8 Å². The van der Waals surface area contributed by atoms with Gasteiger partial charge in [0, 0.05) is 17.3 Å². The fourth-order valence-electron chi connectivity index (χ4n) is 3.18. The number of anilines is 2. The van der Waals surface area contributed by atoms with E-state index in [0.717, 1.165) is 29.8 Å². The molecule has 1 unspecified atom stereocenters. The highest BCUT2D eigenvalue weighted by atomic mass is 32.2. The SMILES string of the molecule is CCCc1ccccc1N1C(=O)CSC1c1ccc(NC(=O)C(C)C)cc1. The summed E-state index contributed by atoms with van der Waals surface area (Å²) in [7, 11) is 0. The van der Waals surface area contributed by atoms with Crippen molar-refractivity contribution in [1.82, 2.24) is 0 Å². The van der Waals surface area contributed by atoms with Crippen LogP contribution >= 0.6 is 11.8 Å². The van der Waals surface area contributed by atoms with Gasteiger partial charge in [-0.2, -0.15) is 0 Å². The first-order valence-electron chi connectivity index (χ1n) is 9.43. The molecule has 1 saturated heterocycles. The van der Waals surface area contributed by atoms with Crippen molar-refractivity contribution in [3.63, 3.8) is 0 Å². The number of amides is 2. The second-order valence-electron chi connectivity index (χ2n) is 7.07. The highest BCUT2D eigenvalue weighted by molar-refractivity contribution is 8.00. The maximum absolute atomic E-state index is 12.7. The molecule has 2 aromatic rings. The van der Waals surface area contributed by atoms with Gasteiger partial charge >= 0.3 is 0 Å². The monoisotopic (exact) mass is 382 g/mol. The Kier molecular flexibility index (Phi) is 6.22. The molecule has 0 radical (unpaired) electrons. The first-order chi connectivity index (χ1) is 13.0. The average Bonchev–Trinajstić information content (AvgIpc) is 3.04. The van der Waals surface area contributed by atoms with E-state index in [-0.39, 0.29) is 23.1 Å². The predicted octanol–water partition coefficient (Wildman–Crippen LogP) is 5.01. The lowest BCUT2D eigenvalue weighted by Gasteiger charge is -2.26. The van der Waals surface area contributed by atoms with Crippen LogP contribution in [-0.2, 0) is 16.0 Å². The molecule has 1 heterocycles. The van der Waals surface area contributed by atoms with Gasteiger partial charge in [-0.15, -0.1) is 11.8 Å². The lowest BCUT2D eigenvalue weighted by molar-refractivity contribution is -0.119. The van der Waals surface area contributed by atoms with Gasteiger partial charge in [0.05, 0.1) is 5.75 Å². The third-order valence-corrected chi connectivity index (χ3v) is 5.84. The van der Waals surface area contributed by atoms with Gasteiger partial charge in [-0.25, -0.2) is 0 Å². The molecule has 1 aliphatic heterocycles. The minimum Gasteiger partial charge on any atom is -0.326 e. The molecule has 2 amide bonds. The van der Waals surface area contributed by atoms with E-state index in [1.807, 2.05) is 61.2 Å². The van der Waals surface area contributed by atoms with E-state index >= 15 is 0 Å². The standard InChI is InChI=1S/C22H26N2O2S/c1-4-7-16-8-5-6-9-19(16)24-20(25)14-27-22(24)17-10-12-18(13-11-17)23-21(26)15(2)3/h5-6,8-13,15,22H,4,7,14H2,1-3H3,(H,23,26). The van der Waals surface area contributed by atoms with Gasteiger partial charge in [0.1, 0.15) is 5.37 Å². The number of aryl methyl sites for hydroxylation is 1. The summed E-state index contributed by atoms with van der Waals surface area (Å²) in [4.78, 5) is 26.4. The van der Waals surface area contributed by atoms with Crippen molar-refractivity contribution in [2.24, 2.45) is 5.92 Å². The lowest BCUT2D eigenvalue weighted by Crippen LogP contribution is -2.28. The van der Waals surface area contributed by atoms with Crippen LogP contribution in [-0.4, -0.2) is 17.6 Å². The molecule has 0 spiro atoms. The molecule has 1 aliphatic rings. The molecule has 0 aromatic heterocycles. The quantitative estimate of drug-likeness (QED) is 0.764. The Hall–Kier alpha value is -2.27. The molecule has 0 bridgehead atoms. The Bertz CT molecular complexity index is 817. The Balaban J connectivity index is 1.85. The van der Waals surface area contributed by atoms with Crippen LogP contribution in [0.15, 0.2) is 48.5 Å². The van der Waals surface area contributed by atoms with Crippen molar-refractivity contribution < 1.29 is 9.59 Å². The molecule has 142 valence electrons. The molecule has 4 nitrogen and oxygen atoms in total. The number of thioether (sulfide) groups is 1. The number of carbonyl (C=O) groups is 2. The molecule has 1 atom stereocenters. The Morgan fingerprint density at radius 2 is 1.89 bits per heavy atom. The van der Waals surface area contributed by atoms with Crippen molar-refractivity contribution >= 4 is 35.0 Å². The van der Waals surface area contributed by atoms with Crippen molar-refractivity contribution in [1.29, 1.82) is 0 Å². The Morgan fingerprint density at radius 3 is 2.56 bits per heavy atom. The number of carbonyl (C=O) groups excluding carboxylic acids is 2. The topological polar surface area (TPSA) is 49.4 Å². The molecule has 3 rings (SSSR count). The van der Waals surface area contributed by atoms with Gasteiger partial charge < -0.3 is 5.32 Å². The number of benzene rings is 2. The molecule has 1 fully saturated rings. The summed E-state index contributed by atoms with van der Waals surface area (Å²) < 4.78 is 0. The zero-order valence-electron chi connectivity index (χ0n) is 16.1. The largest absolute Gasteiger partial charge is 0.326 e. The predicted molar refractivity (Wildman–Crippen MR) is 113 cm³/mol. The van der Waals surface area contributed by atoms with Crippen LogP contribution in [0, 0.1) is 5.92 Å². The number of hydrogen-bond acceptors (Lipinski definition) is 3. The van der Waals surface area contributed by atoms with E-state index < -0.39 is 0 Å². The second-order valence-corrected chi connectivity index (χ2v) is 8.14. The number of nitrogens with zero attached hydrogens (tertiary/aromatic N) is 1. The summed E-state index contributed by atoms with van der Waals surface area (Å²) in [5.41, 5.74) is 4.07. The molecule has 1 N–H and O–H groups in total. The Labute approximate surface area is 165 Å². The summed E-state index contributed by atoms with van der Waals surface area (Å²) >= 11 is 1.65. The van der Waals surface area contributed by atoms with Crippen LogP contribution < -0.4 is 10.2 Å². The third kappa shape index (κ3) is 4.35. The minimum absolute atomic E-state index is 0.00305. The van der Waals surface area contributed by atoms with E-state index in [4.69, 9.17) is 0 Å². The van der Waals surface area contributed by atoms with Crippen molar-refractivity contribution in [2.75, 3.05) is 16.0 Å². The van der Waals surface area contributed by atoms with Crippen LogP contribution in [0.2, 0.25) is 0 Å². The molecule has 27 heavy (non-hydrogen) atoms. The molecular weight excluding hydrogens is 356 g/mol. The molecule has 2 aromatic carbocycles. The second kappa shape index (κ2) is 8.61. The molecule has 0 aliphatic carbocycles. The minimum atomic E-state index is -0.0572. The summed E-state index contributed by atoms with van der Waals surface area (Å²) in [6.45, 7) is 5.89. The summed E-state index contributed by atoms with van der Waals surface area (Å²) in [5, 5.41) is 2.87. The van der Waals surface area contributed by atoms with Gasteiger partial charge in [0.15, 0.2) is 0 Å². The molecule has 5 heteroatoms. The molecule has 0 saturated carbocycles.